The van der Waals surface area contributed by atoms with Crippen molar-refractivity contribution in [3.05, 3.63) is 47.8 Å². The van der Waals surface area contributed by atoms with E-state index in [2.05, 4.69) is 15.2 Å². The molecular weight excluding hydrogens is 282 g/mol. The number of hydrogen-bond donors (Lipinski definition) is 1. The second kappa shape index (κ2) is 6.89. The first kappa shape index (κ1) is 15.8. The van der Waals surface area contributed by atoms with Crippen molar-refractivity contribution in [2.45, 2.75) is 26.3 Å². The number of aromatic nitrogens is 2. The van der Waals surface area contributed by atoms with E-state index in [9.17, 15) is 9.59 Å². The van der Waals surface area contributed by atoms with Gasteiger partial charge in [0.05, 0.1) is 25.4 Å². The number of amides is 1. The molecule has 2 rings (SSSR count). The average molecular weight is 301 g/mol. The number of carbonyl (C=O) groups excluding carboxylic acids is 2. The Bertz CT molecular complexity index is 662. The first-order chi connectivity index (χ1) is 10.5. The van der Waals surface area contributed by atoms with Crippen molar-refractivity contribution in [1.29, 1.82) is 0 Å². The van der Waals surface area contributed by atoms with Gasteiger partial charge in [-0.15, -0.1) is 0 Å². The molecule has 116 valence electrons. The Morgan fingerprint density at radius 1 is 1.32 bits per heavy atom. The molecule has 0 saturated carbocycles. The summed E-state index contributed by atoms with van der Waals surface area (Å²) < 4.78 is 6.32. The van der Waals surface area contributed by atoms with E-state index in [1.807, 2.05) is 25.3 Å². The normalized spacial score (nSPS) is 11.8. The molecular formula is C16H19N3O3. The summed E-state index contributed by atoms with van der Waals surface area (Å²) >= 11 is 0. The highest BCUT2D eigenvalue weighted by Gasteiger charge is 2.13. The van der Waals surface area contributed by atoms with Gasteiger partial charge >= 0.3 is 5.97 Å². The molecule has 0 aliphatic heterocycles. The molecule has 0 saturated heterocycles. The number of rotatable bonds is 5. The first-order valence-electron chi connectivity index (χ1n) is 6.99. The van der Waals surface area contributed by atoms with Crippen LogP contribution in [0.15, 0.2) is 36.7 Å². The van der Waals surface area contributed by atoms with Gasteiger partial charge in [-0.2, -0.15) is 5.10 Å². The molecule has 0 bridgehead atoms. The van der Waals surface area contributed by atoms with Crippen LogP contribution in [0.2, 0.25) is 0 Å². The van der Waals surface area contributed by atoms with Crippen molar-refractivity contribution in [2.75, 3.05) is 7.11 Å². The number of ether oxygens (including phenoxy) is 1. The van der Waals surface area contributed by atoms with E-state index in [-0.39, 0.29) is 24.3 Å². The second-order valence-electron chi connectivity index (χ2n) is 5.16. The quantitative estimate of drug-likeness (QED) is 0.856. The Morgan fingerprint density at radius 2 is 2.00 bits per heavy atom. The van der Waals surface area contributed by atoms with Gasteiger partial charge in [-0.1, -0.05) is 0 Å². The highest BCUT2D eigenvalue weighted by molar-refractivity contribution is 5.94. The van der Waals surface area contributed by atoms with E-state index in [4.69, 9.17) is 0 Å². The van der Waals surface area contributed by atoms with E-state index < -0.39 is 0 Å². The molecule has 0 aliphatic rings. The van der Waals surface area contributed by atoms with Crippen LogP contribution in [0.4, 0.5) is 0 Å². The summed E-state index contributed by atoms with van der Waals surface area (Å²) in [6, 6.07) is 6.82. The summed E-state index contributed by atoms with van der Waals surface area (Å²) in [5.41, 5.74) is 2.48. The summed E-state index contributed by atoms with van der Waals surface area (Å²) in [6.07, 6.45) is 3.83. The van der Waals surface area contributed by atoms with Crippen molar-refractivity contribution in [3.63, 3.8) is 0 Å². The van der Waals surface area contributed by atoms with Crippen molar-refractivity contribution in [1.82, 2.24) is 15.1 Å². The van der Waals surface area contributed by atoms with Gasteiger partial charge in [-0.05, 0) is 43.7 Å². The van der Waals surface area contributed by atoms with Gasteiger partial charge in [0, 0.05) is 17.8 Å². The minimum absolute atomic E-state index is 0.146. The number of aryl methyl sites for hydroxylation is 1. The van der Waals surface area contributed by atoms with E-state index in [1.54, 1.807) is 29.9 Å². The maximum absolute atomic E-state index is 12.1. The fourth-order valence-electron chi connectivity index (χ4n) is 2.01. The minimum Gasteiger partial charge on any atom is -0.469 e. The zero-order valence-electron chi connectivity index (χ0n) is 12.9. The number of nitrogens with zero attached hydrogens (tertiary/aromatic N) is 2. The molecule has 2 aromatic rings. The van der Waals surface area contributed by atoms with Gasteiger partial charge in [0.1, 0.15) is 0 Å². The Kier molecular flexibility index (Phi) is 4.93. The lowest BCUT2D eigenvalue weighted by Gasteiger charge is -2.12. The van der Waals surface area contributed by atoms with E-state index in [0.29, 0.717) is 5.56 Å². The predicted octanol–water partition coefficient (Wildman–Crippen LogP) is 1.86. The van der Waals surface area contributed by atoms with Gasteiger partial charge in [0.25, 0.3) is 5.91 Å². The third-order valence-electron chi connectivity index (χ3n) is 3.18. The van der Waals surface area contributed by atoms with Crippen LogP contribution in [0.5, 0.6) is 0 Å². The van der Waals surface area contributed by atoms with Crippen LogP contribution in [0.25, 0.3) is 5.69 Å². The molecule has 1 aromatic carbocycles. The molecule has 1 heterocycles. The van der Waals surface area contributed by atoms with Gasteiger partial charge in [0.15, 0.2) is 0 Å². The molecule has 1 aromatic heterocycles. The third-order valence-corrected chi connectivity index (χ3v) is 3.18. The lowest BCUT2D eigenvalue weighted by atomic mass is 10.1. The Labute approximate surface area is 129 Å². The monoisotopic (exact) mass is 301 g/mol. The third kappa shape index (κ3) is 3.94. The Balaban J connectivity index is 2.00. The minimum atomic E-state index is -0.350. The summed E-state index contributed by atoms with van der Waals surface area (Å²) in [5.74, 6) is -0.572. The Morgan fingerprint density at radius 3 is 2.55 bits per heavy atom. The summed E-state index contributed by atoms with van der Waals surface area (Å²) in [4.78, 5) is 23.3. The maximum Gasteiger partial charge on any atom is 0.307 e. The average Bonchev–Trinajstić information content (AvgIpc) is 2.93. The fraction of sp³-hybridized carbons (Fsp3) is 0.312. The summed E-state index contributed by atoms with van der Waals surface area (Å²) in [7, 11) is 1.33. The molecule has 1 unspecified atom stereocenters. The molecule has 0 aliphatic carbocycles. The maximum atomic E-state index is 12.1. The van der Waals surface area contributed by atoms with E-state index in [0.717, 1.165) is 11.3 Å². The lowest BCUT2D eigenvalue weighted by molar-refractivity contribution is -0.141. The van der Waals surface area contributed by atoms with E-state index in [1.165, 1.54) is 7.11 Å². The smallest absolute Gasteiger partial charge is 0.307 e. The highest BCUT2D eigenvalue weighted by atomic mass is 16.5. The summed E-state index contributed by atoms with van der Waals surface area (Å²) in [6.45, 7) is 3.73. The van der Waals surface area contributed by atoms with Crippen molar-refractivity contribution < 1.29 is 14.3 Å². The van der Waals surface area contributed by atoms with Gasteiger partial charge in [0.2, 0.25) is 0 Å². The molecule has 6 heteroatoms. The fourth-order valence-corrected chi connectivity index (χ4v) is 2.01. The zero-order valence-corrected chi connectivity index (χ0v) is 12.9. The molecule has 1 amide bonds. The number of esters is 1. The number of methoxy groups -OCH3 is 1. The van der Waals surface area contributed by atoms with Crippen molar-refractivity contribution >= 4 is 11.9 Å². The van der Waals surface area contributed by atoms with Crippen molar-refractivity contribution in [3.8, 4) is 5.69 Å². The Hall–Kier alpha value is -2.63. The van der Waals surface area contributed by atoms with Gasteiger partial charge < -0.3 is 10.1 Å². The number of hydrogen-bond acceptors (Lipinski definition) is 4. The molecule has 1 atom stereocenters. The predicted molar refractivity (Wildman–Crippen MR) is 81.9 cm³/mol. The highest BCUT2D eigenvalue weighted by Crippen LogP contribution is 2.10. The molecule has 0 spiro atoms. The molecule has 1 N–H and O–H groups in total. The van der Waals surface area contributed by atoms with Crippen LogP contribution >= 0.6 is 0 Å². The number of nitrogens with one attached hydrogen (secondary N) is 1. The van der Waals surface area contributed by atoms with Crippen LogP contribution in [0.3, 0.4) is 0 Å². The number of carbonyl (C=O) groups is 2. The van der Waals surface area contributed by atoms with Gasteiger partial charge in [-0.3, -0.25) is 9.59 Å². The molecule has 6 nitrogen and oxygen atoms in total. The first-order valence-corrected chi connectivity index (χ1v) is 6.99. The SMILES string of the molecule is COC(=O)CC(C)NC(=O)c1ccc(-n2cc(C)cn2)cc1. The van der Waals surface area contributed by atoms with E-state index >= 15 is 0 Å². The molecule has 0 fully saturated rings. The van der Waals surface area contributed by atoms with Crippen LogP contribution in [-0.4, -0.2) is 34.8 Å². The van der Waals surface area contributed by atoms with Crippen LogP contribution < -0.4 is 5.32 Å². The molecule has 0 radical (unpaired) electrons. The summed E-state index contributed by atoms with van der Waals surface area (Å²) in [5, 5.41) is 6.98. The lowest BCUT2D eigenvalue weighted by Crippen LogP contribution is -2.34. The van der Waals surface area contributed by atoms with Crippen molar-refractivity contribution in [2.24, 2.45) is 0 Å². The van der Waals surface area contributed by atoms with Crippen LogP contribution in [0.1, 0.15) is 29.3 Å². The number of benzene rings is 1. The van der Waals surface area contributed by atoms with Gasteiger partial charge in [-0.25, -0.2) is 4.68 Å². The topological polar surface area (TPSA) is 73.2 Å². The zero-order chi connectivity index (χ0) is 16.1. The van der Waals surface area contributed by atoms with Crippen LogP contribution in [0, 0.1) is 6.92 Å². The second-order valence-corrected chi connectivity index (χ2v) is 5.16. The standard InChI is InChI=1S/C16H19N3O3/c1-11-9-17-19(10-11)14-6-4-13(5-7-14)16(21)18-12(2)8-15(20)22-3/h4-7,9-10,12H,8H2,1-3H3,(H,18,21). The largest absolute Gasteiger partial charge is 0.469 e. The van der Waals surface area contributed by atoms with Crippen LogP contribution in [-0.2, 0) is 9.53 Å². The molecule has 22 heavy (non-hydrogen) atoms.